The minimum Gasteiger partial charge on any atom is -0.337 e. The van der Waals surface area contributed by atoms with E-state index in [0.717, 1.165) is 18.7 Å². The number of aryl methyl sites for hydroxylation is 1. The molecule has 2 aromatic heterocycles. The second-order valence-electron chi connectivity index (χ2n) is 3.14. The summed E-state index contributed by atoms with van der Waals surface area (Å²) in [7, 11) is 0. The van der Waals surface area contributed by atoms with E-state index < -0.39 is 0 Å². The van der Waals surface area contributed by atoms with Crippen molar-refractivity contribution >= 4 is 6.01 Å². The first-order chi connectivity index (χ1) is 7.34. The van der Waals surface area contributed by atoms with Crippen LogP contribution in [0.25, 0.3) is 0 Å². The fraction of sp³-hybridized carbons (Fsp3) is 0.300. The molecule has 2 rings (SSSR count). The quantitative estimate of drug-likeness (QED) is 0.816. The molecule has 0 aliphatic carbocycles. The average Bonchev–Trinajstić information content (AvgIpc) is 2.66. The molecule has 0 aliphatic rings. The number of hydrogen-bond donors (Lipinski definition) is 1. The molecule has 2 heterocycles. The zero-order valence-corrected chi connectivity index (χ0v) is 8.47. The van der Waals surface area contributed by atoms with Gasteiger partial charge in [0.2, 0.25) is 0 Å². The summed E-state index contributed by atoms with van der Waals surface area (Å²) >= 11 is 0. The predicted octanol–water partition coefficient (Wildman–Crippen LogP) is 1.43. The molecule has 0 aliphatic heterocycles. The Morgan fingerprint density at radius 3 is 3.00 bits per heavy atom. The summed E-state index contributed by atoms with van der Waals surface area (Å²) in [5.74, 6) is 0.635. The molecule has 2 aromatic rings. The van der Waals surface area contributed by atoms with E-state index in [-0.39, 0.29) is 0 Å². The minimum atomic E-state index is 0.462. The van der Waals surface area contributed by atoms with Gasteiger partial charge >= 0.3 is 6.01 Å². The lowest BCUT2D eigenvalue weighted by atomic mass is 10.3. The van der Waals surface area contributed by atoms with Crippen molar-refractivity contribution in [3.05, 3.63) is 35.9 Å². The first-order valence-corrected chi connectivity index (χ1v) is 4.79. The molecule has 0 saturated heterocycles. The number of nitrogens with one attached hydrogen (secondary N) is 1. The first kappa shape index (κ1) is 9.64. The van der Waals surface area contributed by atoms with Crippen molar-refractivity contribution in [1.82, 2.24) is 15.1 Å². The maximum absolute atomic E-state index is 4.91. The SMILES string of the molecule is Cc1noc(NCCc2ccccn2)n1. The molecule has 0 amide bonds. The van der Waals surface area contributed by atoms with Crippen LogP contribution < -0.4 is 5.32 Å². The highest BCUT2D eigenvalue weighted by Gasteiger charge is 2.00. The Bertz CT molecular complexity index is 412. The lowest BCUT2D eigenvalue weighted by molar-refractivity contribution is 0.425. The highest BCUT2D eigenvalue weighted by molar-refractivity contribution is 5.18. The monoisotopic (exact) mass is 204 g/mol. The molecule has 0 bridgehead atoms. The fourth-order valence-corrected chi connectivity index (χ4v) is 1.21. The van der Waals surface area contributed by atoms with Crippen LogP contribution in [0, 0.1) is 6.92 Å². The Balaban J connectivity index is 1.80. The highest BCUT2D eigenvalue weighted by Crippen LogP contribution is 2.02. The Morgan fingerprint density at radius 2 is 2.33 bits per heavy atom. The third-order valence-electron chi connectivity index (χ3n) is 1.91. The molecule has 78 valence electrons. The third-order valence-corrected chi connectivity index (χ3v) is 1.91. The van der Waals surface area contributed by atoms with Gasteiger partial charge in [0.25, 0.3) is 0 Å². The van der Waals surface area contributed by atoms with Crippen molar-refractivity contribution in [2.45, 2.75) is 13.3 Å². The molecule has 0 spiro atoms. The Hall–Kier alpha value is -1.91. The number of anilines is 1. The van der Waals surface area contributed by atoms with Crippen molar-refractivity contribution in [2.75, 3.05) is 11.9 Å². The smallest absolute Gasteiger partial charge is 0.321 e. The van der Waals surface area contributed by atoms with Gasteiger partial charge in [-0.15, -0.1) is 0 Å². The van der Waals surface area contributed by atoms with Gasteiger partial charge in [-0.1, -0.05) is 11.2 Å². The molecule has 0 atom stereocenters. The van der Waals surface area contributed by atoms with E-state index >= 15 is 0 Å². The summed E-state index contributed by atoms with van der Waals surface area (Å²) in [6, 6.07) is 6.32. The van der Waals surface area contributed by atoms with Gasteiger partial charge in [-0.2, -0.15) is 4.98 Å². The van der Waals surface area contributed by atoms with Gasteiger partial charge in [-0.05, 0) is 19.1 Å². The highest BCUT2D eigenvalue weighted by atomic mass is 16.5. The van der Waals surface area contributed by atoms with E-state index in [1.807, 2.05) is 18.2 Å². The number of aromatic nitrogens is 3. The molecule has 0 fully saturated rings. The summed E-state index contributed by atoms with van der Waals surface area (Å²) in [5.41, 5.74) is 1.04. The number of rotatable bonds is 4. The Morgan fingerprint density at radius 1 is 1.40 bits per heavy atom. The standard InChI is InChI=1S/C10H12N4O/c1-8-13-10(15-14-8)12-7-5-9-4-2-3-6-11-9/h2-4,6H,5,7H2,1H3,(H,12,13,14). The van der Waals surface area contributed by atoms with Crippen LogP contribution >= 0.6 is 0 Å². The van der Waals surface area contributed by atoms with Crippen molar-refractivity contribution in [1.29, 1.82) is 0 Å². The summed E-state index contributed by atoms with van der Waals surface area (Å²) in [6.07, 6.45) is 2.62. The van der Waals surface area contributed by atoms with Crippen molar-refractivity contribution in [3.63, 3.8) is 0 Å². The van der Waals surface area contributed by atoms with Crippen LogP contribution in [0.5, 0.6) is 0 Å². The molecule has 5 nitrogen and oxygen atoms in total. The van der Waals surface area contributed by atoms with Gasteiger partial charge in [0.05, 0.1) is 0 Å². The van der Waals surface area contributed by atoms with Crippen molar-refractivity contribution in [3.8, 4) is 0 Å². The van der Waals surface area contributed by atoms with Crippen LogP contribution in [0.4, 0.5) is 6.01 Å². The van der Waals surface area contributed by atoms with Gasteiger partial charge in [0.1, 0.15) is 0 Å². The van der Waals surface area contributed by atoms with Crippen LogP contribution in [0.1, 0.15) is 11.5 Å². The van der Waals surface area contributed by atoms with Crippen LogP contribution in [0.3, 0.4) is 0 Å². The molecule has 5 heteroatoms. The second kappa shape index (κ2) is 4.54. The number of nitrogens with zero attached hydrogens (tertiary/aromatic N) is 3. The maximum Gasteiger partial charge on any atom is 0.321 e. The average molecular weight is 204 g/mol. The summed E-state index contributed by atoms with van der Waals surface area (Å²) < 4.78 is 4.91. The van der Waals surface area contributed by atoms with Crippen molar-refractivity contribution < 1.29 is 4.52 Å². The van der Waals surface area contributed by atoms with Crippen molar-refractivity contribution in [2.24, 2.45) is 0 Å². The zero-order valence-electron chi connectivity index (χ0n) is 8.47. The molecule has 0 saturated carbocycles. The van der Waals surface area contributed by atoms with Gasteiger partial charge in [0.15, 0.2) is 5.82 Å². The van der Waals surface area contributed by atoms with Crippen LogP contribution in [-0.4, -0.2) is 21.7 Å². The number of pyridine rings is 1. The van der Waals surface area contributed by atoms with Crippen LogP contribution in [-0.2, 0) is 6.42 Å². The second-order valence-corrected chi connectivity index (χ2v) is 3.14. The largest absolute Gasteiger partial charge is 0.337 e. The molecule has 0 radical (unpaired) electrons. The van der Waals surface area contributed by atoms with Gasteiger partial charge in [-0.3, -0.25) is 4.98 Å². The van der Waals surface area contributed by atoms with Crippen LogP contribution in [0.2, 0.25) is 0 Å². The van der Waals surface area contributed by atoms with Crippen LogP contribution in [0.15, 0.2) is 28.9 Å². The molecule has 15 heavy (non-hydrogen) atoms. The van der Waals surface area contributed by atoms with E-state index in [4.69, 9.17) is 4.52 Å². The predicted molar refractivity (Wildman–Crippen MR) is 55.5 cm³/mol. The normalized spacial score (nSPS) is 10.2. The van der Waals surface area contributed by atoms with Gasteiger partial charge in [-0.25, -0.2) is 0 Å². The van der Waals surface area contributed by atoms with E-state index in [0.29, 0.717) is 11.8 Å². The Kier molecular flexibility index (Phi) is 2.92. The zero-order chi connectivity index (χ0) is 10.5. The van der Waals surface area contributed by atoms with E-state index in [1.165, 1.54) is 0 Å². The molecular formula is C10H12N4O. The molecule has 0 unspecified atom stereocenters. The fourth-order valence-electron chi connectivity index (χ4n) is 1.21. The van der Waals surface area contributed by atoms with E-state index in [2.05, 4.69) is 20.4 Å². The molecular weight excluding hydrogens is 192 g/mol. The molecule has 1 N–H and O–H groups in total. The summed E-state index contributed by atoms with van der Waals surface area (Å²) in [5, 5.41) is 6.71. The lowest BCUT2D eigenvalue weighted by Gasteiger charge is -1.99. The molecule has 0 aromatic carbocycles. The van der Waals surface area contributed by atoms with E-state index in [1.54, 1.807) is 13.1 Å². The van der Waals surface area contributed by atoms with Gasteiger partial charge < -0.3 is 9.84 Å². The summed E-state index contributed by atoms with van der Waals surface area (Å²) in [4.78, 5) is 8.24. The topological polar surface area (TPSA) is 63.8 Å². The lowest BCUT2D eigenvalue weighted by Crippen LogP contribution is -2.05. The summed E-state index contributed by atoms with van der Waals surface area (Å²) in [6.45, 7) is 2.52. The van der Waals surface area contributed by atoms with Gasteiger partial charge in [0, 0.05) is 24.9 Å². The number of hydrogen-bond acceptors (Lipinski definition) is 5. The third kappa shape index (κ3) is 2.77. The van der Waals surface area contributed by atoms with E-state index in [9.17, 15) is 0 Å². The first-order valence-electron chi connectivity index (χ1n) is 4.79. The Labute approximate surface area is 87.5 Å². The minimum absolute atomic E-state index is 0.462. The maximum atomic E-state index is 4.91.